The van der Waals surface area contributed by atoms with Crippen LogP contribution in [0.25, 0.3) is 0 Å². The first-order chi connectivity index (χ1) is 12.9. The Kier molecular flexibility index (Phi) is 10.7. The second kappa shape index (κ2) is 11.6. The zero-order valence-electron chi connectivity index (χ0n) is 17.0. The van der Waals surface area contributed by atoms with E-state index in [0.29, 0.717) is 6.54 Å². The third kappa shape index (κ3) is 9.13. The minimum Gasteiger partial charge on any atom is -1.00 e. The maximum absolute atomic E-state index is 12.3. The van der Waals surface area contributed by atoms with Crippen LogP contribution >= 0.6 is 0 Å². The average molecular weight is 436 g/mol. The summed E-state index contributed by atoms with van der Waals surface area (Å²) in [4.78, 5) is 46.6. The molecular formula is C18H26ClNO9. The van der Waals surface area contributed by atoms with Crippen molar-refractivity contribution in [1.29, 1.82) is 0 Å². The summed E-state index contributed by atoms with van der Waals surface area (Å²) >= 11 is 0. The number of likely N-dealkylation sites (N-methyl/N-ethyl adjacent to an activating group) is 1. The lowest BCUT2D eigenvalue weighted by molar-refractivity contribution is -0.875. The summed E-state index contributed by atoms with van der Waals surface area (Å²) in [5.41, 5.74) is 0. The van der Waals surface area contributed by atoms with Gasteiger partial charge in [-0.1, -0.05) is 0 Å². The molecule has 11 heteroatoms. The predicted octanol–water partition coefficient (Wildman–Crippen LogP) is -3.61. The highest BCUT2D eigenvalue weighted by atomic mass is 35.5. The molecule has 1 heterocycles. The van der Waals surface area contributed by atoms with Gasteiger partial charge in [-0.05, 0) is 5.92 Å². The van der Waals surface area contributed by atoms with E-state index in [4.69, 9.17) is 30.1 Å². The zero-order valence-corrected chi connectivity index (χ0v) is 17.8. The summed E-state index contributed by atoms with van der Waals surface area (Å²) in [5.74, 6) is -0.257. The van der Waals surface area contributed by atoms with Crippen molar-refractivity contribution < 1.29 is 59.8 Å². The van der Waals surface area contributed by atoms with E-state index in [1.54, 1.807) is 14.1 Å². The zero-order chi connectivity index (χ0) is 21.5. The first-order valence-corrected chi connectivity index (χ1v) is 8.53. The van der Waals surface area contributed by atoms with E-state index in [9.17, 15) is 19.2 Å². The molecule has 0 N–H and O–H groups in total. The van der Waals surface area contributed by atoms with E-state index in [0.717, 1.165) is 13.8 Å². The molecule has 1 aliphatic heterocycles. The minimum absolute atomic E-state index is 0. The lowest BCUT2D eigenvalue weighted by Gasteiger charge is -2.39. The summed E-state index contributed by atoms with van der Waals surface area (Å²) in [7, 11) is 3.48. The molecule has 0 aromatic heterocycles. The number of hydrogen-bond donors (Lipinski definition) is 0. The molecule has 0 aromatic rings. The second-order valence-electron chi connectivity index (χ2n) is 6.94. The summed E-state index contributed by atoms with van der Waals surface area (Å²) < 4.78 is 26.3. The van der Waals surface area contributed by atoms with Gasteiger partial charge in [0, 0.05) is 20.8 Å². The fraction of sp³-hybridized carbons (Fsp3) is 0.667. The van der Waals surface area contributed by atoms with Gasteiger partial charge in [-0.25, -0.2) is 4.79 Å². The monoisotopic (exact) mass is 435 g/mol. The highest BCUT2D eigenvalue weighted by Crippen LogP contribution is 2.25. The van der Waals surface area contributed by atoms with Crippen LogP contribution in [0.2, 0.25) is 0 Å². The Morgan fingerprint density at radius 3 is 1.97 bits per heavy atom. The molecule has 0 saturated carbocycles. The van der Waals surface area contributed by atoms with Gasteiger partial charge in [0.2, 0.25) is 12.4 Å². The van der Waals surface area contributed by atoms with E-state index in [-0.39, 0.29) is 30.0 Å². The van der Waals surface area contributed by atoms with Crippen LogP contribution in [-0.4, -0.2) is 86.8 Å². The molecule has 29 heavy (non-hydrogen) atoms. The number of rotatable bonds is 7. The number of hydrogen-bond acceptors (Lipinski definition) is 9. The minimum atomic E-state index is -1.35. The summed E-state index contributed by atoms with van der Waals surface area (Å²) in [6.45, 7) is 3.44. The van der Waals surface area contributed by atoms with Gasteiger partial charge in [-0.2, -0.15) is 0 Å². The molecule has 1 fully saturated rings. The van der Waals surface area contributed by atoms with Crippen molar-refractivity contribution in [3.8, 4) is 12.3 Å². The summed E-state index contributed by atoms with van der Waals surface area (Å²) in [6.07, 6.45) is 0.383. The molecule has 0 aromatic carbocycles. The highest BCUT2D eigenvalue weighted by molar-refractivity contribution is 5.71. The second-order valence-corrected chi connectivity index (χ2v) is 6.94. The smallest absolute Gasteiger partial charge is 0.364 e. The van der Waals surface area contributed by atoms with Gasteiger partial charge >= 0.3 is 23.9 Å². The molecular weight excluding hydrogens is 410 g/mol. The van der Waals surface area contributed by atoms with E-state index >= 15 is 0 Å². The van der Waals surface area contributed by atoms with Crippen LogP contribution in [0.1, 0.15) is 20.8 Å². The lowest BCUT2D eigenvalue weighted by atomic mass is 10.0. The molecule has 0 spiro atoms. The SMILES string of the molecule is C#CC[N+](C)(C)CC(=O)OC1OC[C@@H](OC(C)=O)[C@H](OC(C)=O)[C@H]1OC(C)=O.[Cl-]. The quantitative estimate of drug-likeness (QED) is 0.173. The van der Waals surface area contributed by atoms with Gasteiger partial charge in [0.25, 0.3) is 0 Å². The van der Waals surface area contributed by atoms with Crippen molar-refractivity contribution in [2.24, 2.45) is 0 Å². The Morgan fingerprint density at radius 2 is 1.48 bits per heavy atom. The number of terminal acetylenes is 1. The molecule has 164 valence electrons. The Bertz CT molecular complexity index is 658. The molecule has 0 amide bonds. The van der Waals surface area contributed by atoms with Crippen LogP contribution in [-0.2, 0) is 42.9 Å². The molecule has 4 atom stereocenters. The number of ether oxygens (including phenoxy) is 5. The van der Waals surface area contributed by atoms with Gasteiger partial charge < -0.3 is 40.6 Å². The number of halogens is 1. The van der Waals surface area contributed by atoms with Gasteiger partial charge in [0.05, 0.1) is 20.7 Å². The first kappa shape index (κ1) is 26.6. The maximum Gasteiger partial charge on any atom is 0.364 e. The fourth-order valence-corrected chi connectivity index (χ4v) is 2.63. The summed E-state index contributed by atoms with van der Waals surface area (Å²) in [5, 5.41) is 0. The van der Waals surface area contributed by atoms with Gasteiger partial charge in [0.1, 0.15) is 6.54 Å². The van der Waals surface area contributed by atoms with Crippen molar-refractivity contribution in [2.75, 3.05) is 33.8 Å². The van der Waals surface area contributed by atoms with Crippen LogP contribution < -0.4 is 12.4 Å². The Balaban J connectivity index is 0.00000784. The van der Waals surface area contributed by atoms with Crippen molar-refractivity contribution in [2.45, 2.75) is 45.4 Å². The number of carbonyl (C=O) groups is 4. The lowest BCUT2D eigenvalue weighted by Crippen LogP contribution is -3.00. The topological polar surface area (TPSA) is 114 Å². The van der Waals surface area contributed by atoms with Gasteiger partial charge in [0.15, 0.2) is 18.8 Å². The molecule has 1 rings (SSSR count). The van der Waals surface area contributed by atoms with Gasteiger partial charge in [-0.3, -0.25) is 14.4 Å². The Morgan fingerprint density at radius 1 is 0.966 bits per heavy atom. The molecule has 0 bridgehead atoms. The predicted molar refractivity (Wildman–Crippen MR) is 93.2 cm³/mol. The normalized spacial score (nSPS) is 23.6. The molecule has 1 saturated heterocycles. The third-order valence-corrected chi connectivity index (χ3v) is 3.63. The van der Waals surface area contributed by atoms with E-state index < -0.39 is 48.5 Å². The molecule has 0 radical (unpaired) electrons. The van der Waals surface area contributed by atoms with Crippen molar-refractivity contribution >= 4 is 23.9 Å². The van der Waals surface area contributed by atoms with E-state index in [1.807, 2.05) is 0 Å². The fourth-order valence-electron chi connectivity index (χ4n) is 2.63. The van der Waals surface area contributed by atoms with Crippen LogP contribution in [0.4, 0.5) is 0 Å². The summed E-state index contributed by atoms with van der Waals surface area (Å²) in [6, 6.07) is 0. The number of nitrogens with zero attached hydrogens (tertiary/aromatic N) is 1. The molecule has 1 aliphatic rings. The van der Waals surface area contributed by atoms with E-state index in [1.165, 1.54) is 6.92 Å². The third-order valence-electron chi connectivity index (χ3n) is 3.63. The Labute approximate surface area is 175 Å². The van der Waals surface area contributed by atoms with Crippen molar-refractivity contribution in [3.63, 3.8) is 0 Å². The molecule has 0 aliphatic carbocycles. The van der Waals surface area contributed by atoms with Crippen LogP contribution in [0.3, 0.4) is 0 Å². The number of quaternary nitrogens is 1. The van der Waals surface area contributed by atoms with Crippen molar-refractivity contribution in [3.05, 3.63) is 0 Å². The molecule has 1 unspecified atom stereocenters. The van der Waals surface area contributed by atoms with Crippen LogP contribution in [0, 0.1) is 12.3 Å². The standard InChI is InChI=1S/C18H26NO9.ClH/c1-7-8-19(5,6)9-15(23)28-18-17(27-13(4)22)16(26-12(3)21)14(10-24-18)25-11(2)20;/h1,14,16-18H,8-10H2,2-6H3;1H/q+1;/p-1/t14-,16+,17-,18?;/m1./s1. The average Bonchev–Trinajstić information content (AvgIpc) is 2.50. The maximum atomic E-state index is 12.3. The Hall–Kier alpha value is -2.35. The number of carbonyl (C=O) groups excluding carboxylic acids is 4. The van der Waals surface area contributed by atoms with E-state index in [2.05, 4.69) is 5.92 Å². The highest BCUT2D eigenvalue weighted by Gasteiger charge is 2.49. The molecule has 10 nitrogen and oxygen atoms in total. The van der Waals surface area contributed by atoms with Crippen LogP contribution in [0.5, 0.6) is 0 Å². The first-order valence-electron chi connectivity index (χ1n) is 8.53. The largest absolute Gasteiger partial charge is 1.00 e. The van der Waals surface area contributed by atoms with Gasteiger partial charge in [-0.15, -0.1) is 6.42 Å². The van der Waals surface area contributed by atoms with Crippen molar-refractivity contribution in [1.82, 2.24) is 0 Å². The number of esters is 4. The van der Waals surface area contributed by atoms with Crippen LogP contribution in [0.15, 0.2) is 0 Å².